The molecular weight excluding hydrogens is 412 g/mol. The summed E-state index contributed by atoms with van der Waals surface area (Å²) in [7, 11) is 1.52. The summed E-state index contributed by atoms with van der Waals surface area (Å²) in [5.74, 6) is 0.662. The summed E-state index contributed by atoms with van der Waals surface area (Å²) in [6.45, 7) is 0.411. The second kappa shape index (κ2) is 10.2. The molecule has 0 saturated carbocycles. The number of nitrogens with zero attached hydrogens (tertiary/aromatic N) is 1. The van der Waals surface area contributed by atoms with Gasteiger partial charge in [0.05, 0.1) is 12.8 Å². The number of benzene rings is 4. The van der Waals surface area contributed by atoms with Gasteiger partial charge in [0, 0.05) is 0 Å². The van der Waals surface area contributed by atoms with Crippen LogP contribution in [-0.4, -0.2) is 13.0 Å². The van der Waals surface area contributed by atoms with Crippen molar-refractivity contribution in [3.05, 3.63) is 108 Å². The maximum atomic E-state index is 12.6. The molecule has 162 valence electrons. The number of hydrogen-bond acceptors (Lipinski definition) is 4. The summed E-state index contributed by atoms with van der Waals surface area (Å²) in [4.78, 5) is 12.6. The molecule has 4 rings (SSSR count). The number of methoxy groups -OCH3 is 1. The number of nitrogens with one attached hydrogen (secondary N) is 1. The van der Waals surface area contributed by atoms with Gasteiger partial charge in [-0.05, 0) is 52.2 Å². The molecule has 0 radical (unpaired) electrons. The van der Waals surface area contributed by atoms with Crippen LogP contribution in [0, 0.1) is 11.3 Å². The van der Waals surface area contributed by atoms with E-state index in [4.69, 9.17) is 9.47 Å². The van der Waals surface area contributed by atoms with E-state index in [-0.39, 0.29) is 5.57 Å². The summed E-state index contributed by atoms with van der Waals surface area (Å²) in [5, 5.41) is 14.6. The Hall–Kier alpha value is -4.56. The van der Waals surface area contributed by atoms with Crippen LogP contribution in [0.4, 0.5) is 5.69 Å². The van der Waals surface area contributed by atoms with Crippen molar-refractivity contribution < 1.29 is 14.3 Å². The standard InChI is InChI=1S/C28H22N2O3/c1-32-27-15-5-4-14-26(27)30-28(31)23(18-29)16-20-8-6-12-24(17-20)33-19-22-11-7-10-21-9-2-3-13-25(21)22/h2-17H,19H2,1H3,(H,30,31)/b23-16+. The van der Waals surface area contributed by atoms with E-state index in [1.165, 1.54) is 13.2 Å². The largest absolute Gasteiger partial charge is 0.495 e. The van der Waals surface area contributed by atoms with E-state index in [1.54, 1.807) is 30.3 Å². The van der Waals surface area contributed by atoms with E-state index in [0.717, 1.165) is 16.3 Å². The first-order valence-corrected chi connectivity index (χ1v) is 10.4. The van der Waals surface area contributed by atoms with E-state index in [9.17, 15) is 10.1 Å². The maximum absolute atomic E-state index is 12.6. The summed E-state index contributed by atoms with van der Waals surface area (Å²) in [6, 6.07) is 30.6. The lowest BCUT2D eigenvalue weighted by Gasteiger charge is -2.10. The molecule has 0 aliphatic rings. The number of rotatable bonds is 7. The minimum Gasteiger partial charge on any atom is -0.495 e. The average Bonchev–Trinajstić information content (AvgIpc) is 2.86. The van der Waals surface area contributed by atoms with Gasteiger partial charge in [0.2, 0.25) is 0 Å². The third kappa shape index (κ3) is 5.20. The lowest BCUT2D eigenvalue weighted by molar-refractivity contribution is -0.112. The highest BCUT2D eigenvalue weighted by atomic mass is 16.5. The molecule has 0 aliphatic heterocycles. The maximum Gasteiger partial charge on any atom is 0.266 e. The Morgan fingerprint density at radius 1 is 0.970 bits per heavy atom. The third-order valence-electron chi connectivity index (χ3n) is 5.16. The Morgan fingerprint density at radius 3 is 2.58 bits per heavy atom. The molecule has 0 aliphatic carbocycles. The van der Waals surface area contributed by atoms with Crippen molar-refractivity contribution in [1.29, 1.82) is 5.26 Å². The van der Waals surface area contributed by atoms with E-state index in [1.807, 2.05) is 48.5 Å². The number of hydrogen-bond donors (Lipinski definition) is 1. The van der Waals surface area contributed by atoms with Gasteiger partial charge in [0.1, 0.15) is 29.7 Å². The lowest BCUT2D eigenvalue weighted by Crippen LogP contribution is -2.14. The fourth-order valence-electron chi connectivity index (χ4n) is 3.53. The smallest absolute Gasteiger partial charge is 0.266 e. The molecular formula is C28H22N2O3. The molecule has 0 fully saturated rings. The van der Waals surface area contributed by atoms with Crippen molar-refractivity contribution in [3.63, 3.8) is 0 Å². The van der Waals surface area contributed by atoms with Gasteiger partial charge < -0.3 is 14.8 Å². The Kier molecular flexibility index (Phi) is 6.67. The Balaban J connectivity index is 1.50. The monoisotopic (exact) mass is 434 g/mol. The first-order chi connectivity index (χ1) is 16.2. The number of ether oxygens (including phenoxy) is 2. The quantitative estimate of drug-likeness (QED) is 0.287. The van der Waals surface area contributed by atoms with Gasteiger partial charge in [0.25, 0.3) is 5.91 Å². The van der Waals surface area contributed by atoms with Crippen LogP contribution in [0.25, 0.3) is 16.8 Å². The molecule has 0 saturated heterocycles. The first kappa shape index (κ1) is 21.7. The van der Waals surface area contributed by atoms with Crippen LogP contribution in [0.2, 0.25) is 0 Å². The number of anilines is 1. The molecule has 0 aromatic heterocycles. The summed E-state index contributed by atoms with van der Waals surface area (Å²) < 4.78 is 11.3. The fraction of sp³-hybridized carbons (Fsp3) is 0.0714. The number of carbonyl (C=O) groups excluding carboxylic acids is 1. The number of fused-ring (bicyclic) bond motifs is 1. The van der Waals surface area contributed by atoms with Gasteiger partial charge in [0.15, 0.2) is 0 Å². The lowest BCUT2D eigenvalue weighted by atomic mass is 10.1. The van der Waals surface area contributed by atoms with Gasteiger partial charge in [-0.1, -0.05) is 66.7 Å². The number of para-hydroxylation sites is 2. The predicted octanol–water partition coefficient (Wildman–Crippen LogP) is 5.97. The van der Waals surface area contributed by atoms with Gasteiger partial charge in [-0.2, -0.15) is 5.26 Å². The van der Waals surface area contributed by atoms with Crippen molar-refractivity contribution in [2.75, 3.05) is 12.4 Å². The fourth-order valence-corrected chi connectivity index (χ4v) is 3.53. The van der Waals surface area contributed by atoms with Crippen LogP contribution in [-0.2, 0) is 11.4 Å². The van der Waals surface area contributed by atoms with Gasteiger partial charge in [-0.15, -0.1) is 0 Å². The van der Waals surface area contributed by atoms with Gasteiger partial charge in [-0.3, -0.25) is 4.79 Å². The van der Waals surface area contributed by atoms with Crippen LogP contribution in [0.5, 0.6) is 11.5 Å². The second-order valence-electron chi connectivity index (χ2n) is 7.32. The van der Waals surface area contributed by atoms with Crippen LogP contribution in [0.3, 0.4) is 0 Å². The topological polar surface area (TPSA) is 71.3 Å². The minimum absolute atomic E-state index is 0.0212. The summed E-state index contributed by atoms with van der Waals surface area (Å²) in [6.07, 6.45) is 1.54. The summed E-state index contributed by atoms with van der Waals surface area (Å²) in [5.41, 5.74) is 2.26. The van der Waals surface area contributed by atoms with Crippen LogP contribution in [0.1, 0.15) is 11.1 Å². The number of nitriles is 1. The Morgan fingerprint density at radius 2 is 1.73 bits per heavy atom. The zero-order valence-electron chi connectivity index (χ0n) is 18.1. The van der Waals surface area contributed by atoms with Crippen molar-refractivity contribution >= 4 is 28.4 Å². The van der Waals surface area contributed by atoms with E-state index in [0.29, 0.717) is 29.4 Å². The van der Waals surface area contributed by atoms with Gasteiger partial charge >= 0.3 is 0 Å². The number of carbonyl (C=O) groups is 1. The highest BCUT2D eigenvalue weighted by molar-refractivity contribution is 6.10. The third-order valence-corrected chi connectivity index (χ3v) is 5.16. The van der Waals surface area contributed by atoms with Crippen molar-refractivity contribution in [3.8, 4) is 17.6 Å². The zero-order chi connectivity index (χ0) is 23.0. The first-order valence-electron chi connectivity index (χ1n) is 10.4. The SMILES string of the molecule is COc1ccccc1NC(=O)/C(C#N)=C/c1cccc(OCc2cccc3ccccc23)c1. The van der Waals surface area contributed by atoms with E-state index in [2.05, 4.69) is 23.5 Å². The average molecular weight is 434 g/mol. The molecule has 4 aromatic rings. The molecule has 4 aromatic carbocycles. The van der Waals surface area contributed by atoms with Gasteiger partial charge in [-0.25, -0.2) is 0 Å². The zero-order valence-corrected chi connectivity index (χ0v) is 18.1. The molecule has 1 N–H and O–H groups in total. The van der Waals surface area contributed by atoms with E-state index >= 15 is 0 Å². The Labute approximate surface area is 192 Å². The molecule has 5 heteroatoms. The normalized spacial score (nSPS) is 11.0. The van der Waals surface area contributed by atoms with Crippen molar-refractivity contribution in [2.45, 2.75) is 6.61 Å². The van der Waals surface area contributed by atoms with Crippen LogP contribution in [0.15, 0.2) is 96.6 Å². The molecule has 0 unspecified atom stereocenters. The van der Waals surface area contributed by atoms with Crippen LogP contribution >= 0.6 is 0 Å². The molecule has 33 heavy (non-hydrogen) atoms. The summed E-state index contributed by atoms with van der Waals surface area (Å²) >= 11 is 0. The highest BCUT2D eigenvalue weighted by Gasteiger charge is 2.12. The molecule has 0 atom stereocenters. The van der Waals surface area contributed by atoms with Crippen LogP contribution < -0.4 is 14.8 Å². The number of amides is 1. The molecule has 0 heterocycles. The predicted molar refractivity (Wildman–Crippen MR) is 130 cm³/mol. The Bertz CT molecular complexity index is 1360. The molecule has 0 bridgehead atoms. The molecule has 0 spiro atoms. The molecule has 5 nitrogen and oxygen atoms in total. The molecule has 1 amide bonds. The minimum atomic E-state index is -0.510. The van der Waals surface area contributed by atoms with Crippen molar-refractivity contribution in [2.24, 2.45) is 0 Å². The second-order valence-corrected chi connectivity index (χ2v) is 7.32. The van der Waals surface area contributed by atoms with E-state index < -0.39 is 5.91 Å². The van der Waals surface area contributed by atoms with Crippen molar-refractivity contribution in [1.82, 2.24) is 0 Å². The highest BCUT2D eigenvalue weighted by Crippen LogP contribution is 2.25.